The van der Waals surface area contributed by atoms with Gasteiger partial charge in [-0.25, -0.2) is 0 Å². The van der Waals surface area contributed by atoms with E-state index in [1.54, 1.807) is 0 Å². The number of aliphatic hydroxyl groups is 1. The Hall–Kier alpha value is -3.16. The fourth-order valence-corrected chi connectivity index (χ4v) is 3.72. The fourth-order valence-electron chi connectivity index (χ4n) is 3.72. The van der Waals surface area contributed by atoms with Crippen molar-refractivity contribution >= 4 is 28.9 Å². The average molecular weight is 394 g/mol. The SMILES string of the molecule is O=C1Nc2ccccc2/C1=C1\OCc2cc(CCCNC(CO)C(=O)O)ccc21. The quantitative estimate of drug-likeness (QED) is 0.423. The molecule has 29 heavy (non-hydrogen) atoms. The van der Waals surface area contributed by atoms with Crippen molar-refractivity contribution in [3.63, 3.8) is 0 Å². The van der Waals surface area contributed by atoms with Crippen LogP contribution in [0.25, 0.3) is 11.3 Å². The molecule has 150 valence electrons. The van der Waals surface area contributed by atoms with Crippen molar-refractivity contribution in [3.05, 3.63) is 64.7 Å². The number of carbonyl (C=O) groups excluding carboxylic acids is 1. The van der Waals surface area contributed by atoms with Crippen molar-refractivity contribution in [2.24, 2.45) is 0 Å². The minimum absolute atomic E-state index is 0.152. The maximum Gasteiger partial charge on any atom is 0.323 e. The van der Waals surface area contributed by atoms with Gasteiger partial charge in [-0.15, -0.1) is 0 Å². The summed E-state index contributed by atoms with van der Waals surface area (Å²) in [5, 5.41) is 23.6. The highest BCUT2D eigenvalue weighted by molar-refractivity contribution is 6.36. The number of amides is 1. The standard InChI is InChI=1S/C22H22N2O5/c25-11-18(22(27)28)23-9-3-4-13-7-8-15-14(10-13)12-29-20(15)19-16-5-1-2-6-17(16)24-21(19)26/h1-2,5-8,10,18,23,25H,3-4,9,11-12H2,(H,24,26)(H,27,28)/b20-19+. The van der Waals surface area contributed by atoms with E-state index in [9.17, 15) is 9.59 Å². The summed E-state index contributed by atoms with van der Waals surface area (Å²) in [7, 11) is 0. The molecule has 0 saturated heterocycles. The van der Waals surface area contributed by atoms with Crippen LogP contribution in [-0.4, -0.2) is 41.3 Å². The van der Waals surface area contributed by atoms with Crippen LogP contribution >= 0.6 is 0 Å². The minimum atomic E-state index is -1.06. The fraction of sp³-hybridized carbons (Fsp3) is 0.273. The van der Waals surface area contributed by atoms with Crippen LogP contribution in [0.2, 0.25) is 0 Å². The first-order valence-corrected chi connectivity index (χ1v) is 9.55. The lowest BCUT2D eigenvalue weighted by molar-refractivity contribution is -0.140. The zero-order valence-electron chi connectivity index (χ0n) is 15.8. The topological polar surface area (TPSA) is 108 Å². The molecule has 1 atom stereocenters. The number of ether oxygens (including phenoxy) is 1. The molecule has 0 fully saturated rings. The third kappa shape index (κ3) is 3.74. The summed E-state index contributed by atoms with van der Waals surface area (Å²) in [6, 6.07) is 12.7. The zero-order valence-corrected chi connectivity index (χ0v) is 15.8. The van der Waals surface area contributed by atoms with Crippen molar-refractivity contribution in [1.82, 2.24) is 5.32 Å². The summed E-state index contributed by atoms with van der Waals surface area (Å²) in [6.45, 7) is 0.484. The molecule has 4 rings (SSSR count). The van der Waals surface area contributed by atoms with E-state index < -0.39 is 18.6 Å². The van der Waals surface area contributed by atoms with E-state index in [0.717, 1.165) is 40.8 Å². The van der Waals surface area contributed by atoms with Gasteiger partial charge >= 0.3 is 5.97 Å². The number of para-hydroxylation sites is 1. The Kier molecular flexibility index (Phi) is 5.33. The molecule has 0 bridgehead atoms. The Bertz CT molecular complexity index is 998. The third-order valence-electron chi connectivity index (χ3n) is 5.20. The number of aliphatic hydroxyl groups excluding tert-OH is 1. The largest absolute Gasteiger partial charge is 0.487 e. The summed E-state index contributed by atoms with van der Waals surface area (Å²) in [5.74, 6) is -0.593. The van der Waals surface area contributed by atoms with Crippen LogP contribution in [0.4, 0.5) is 5.69 Å². The number of carboxylic acids is 1. The van der Waals surface area contributed by atoms with E-state index in [-0.39, 0.29) is 5.91 Å². The summed E-state index contributed by atoms with van der Waals surface area (Å²) < 4.78 is 5.90. The zero-order chi connectivity index (χ0) is 20.4. The smallest absolute Gasteiger partial charge is 0.323 e. The third-order valence-corrected chi connectivity index (χ3v) is 5.20. The van der Waals surface area contributed by atoms with Crippen LogP contribution in [0, 0.1) is 0 Å². The van der Waals surface area contributed by atoms with Crippen LogP contribution in [0.15, 0.2) is 42.5 Å². The van der Waals surface area contributed by atoms with Crippen LogP contribution in [0.3, 0.4) is 0 Å². The molecule has 2 aromatic rings. The predicted octanol–water partition coefficient (Wildman–Crippen LogP) is 2.00. The number of fused-ring (bicyclic) bond motifs is 2. The van der Waals surface area contributed by atoms with Gasteiger partial charge in [0, 0.05) is 22.4 Å². The molecule has 0 aromatic heterocycles. The number of carbonyl (C=O) groups is 2. The molecule has 2 aromatic carbocycles. The van der Waals surface area contributed by atoms with Gasteiger partial charge in [0.05, 0.1) is 12.2 Å². The van der Waals surface area contributed by atoms with Gasteiger partial charge in [0.1, 0.15) is 18.4 Å². The van der Waals surface area contributed by atoms with Crippen molar-refractivity contribution < 1.29 is 24.5 Å². The van der Waals surface area contributed by atoms with Crippen molar-refractivity contribution in [2.45, 2.75) is 25.5 Å². The number of aryl methyl sites for hydroxylation is 1. The number of nitrogens with one attached hydrogen (secondary N) is 2. The number of rotatable bonds is 7. The molecule has 2 aliphatic rings. The highest BCUT2D eigenvalue weighted by Gasteiger charge is 2.32. The van der Waals surface area contributed by atoms with Gasteiger partial charge in [-0.1, -0.05) is 36.4 Å². The predicted molar refractivity (Wildman–Crippen MR) is 108 cm³/mol. The van der Waals surface area contributed by atoms with Gasteiger partial charge in [-0.3, -0.25) is 9.59 Å². The molecule has 2 aliphatic heterocycles. The molecular weight excluding hydrogens is 372 g/mol. The minimum Gasteiger partial charge on any atom is -0.487 e. The molecule has 4 N–H and O–H groups in total. The summed E-state index contributed by atoms with van der Waals surface area (Å²) in [6.07, 6.45) is 1.51. The first-order chi connectivity index (χ1) is 14.1. The lowest BCUT2D eigenvalue weighted by Gasteiger charge is -2.11. The maximum absolute atomic E-state index is 12.5. The van der Waals surface area contributed by atoms with Gasteiger partial charge in [-0.05, 0) is 31.0 Å². The molecule has 1 amide bonds. The summed E-state index contributed by atoms with van der Waals surface area (Å²) in [5.41, 5.74) is 5.30. The van der Waals surface area contributed by atoms with Gasteiger partial charge in [0.25, 0.3) is 5.91 Å². The molecular formula is C22H22N2O5. The van der Waals surface area contributed by atoms with Crippen LogP contribution in [-0.2, 0) is 27.4 Å². The number of hydrogen-bond donors (Lipinski definition) is 4. The van der Waals surface area contributed by atoms with Gasteiger partial charge in [0.2, 0.25) is 0 Å². The Morgan fingerprint density at radius 2 is 2.03 bits per heavy atom. The lowest BCUT2D eigenvalue weighted by Crippen LogP contribution is -2.40. The Morgan fingerprint density at radius 1 is 1.21 bits per heavy atom. The summed E-state index contributed by atoms with van der Waals surface area (Å²) in [4.78, 5) is 23.4. The molecule has 0 radical (unpaired) electrons. The molecule has 0 saturated carbocycles. The van der Waals surface area contributed by atoms with E-state index in [1.165, 1.54) is 0 Å². The van der Waals surface area contributed by atoms with Crippen molar-refractivity contribution in [3.8, 4) is 0 Å². The van der Waals surface area contributed by atoms with E-state index in [1.807, 2.05) is 36.4 Å². The van der Waals surface area contributed by atoms with Crippen molar-refractivity contribution in [2.75, 3.05) is 18.5 Å². The van der Waals surface area contributed by atoms with Gasteiger partial charge < -0.3 is 25.6 Å². The second-order valence-electron chi connectivity index (χ2n) is 7.12. The Morgan fingerprint density at radius 3 is 2.83 bits per heavy atom. The molecule has 2 heterocycles. The van der Waals surface area contributed by atoms with E-state index in [0.29, 0.717) is 24.5 Å². The monoisotopic (exact) mass is 394 g/mol. The van der Waals surface area contributed by atoms with Crippen LogP contribution < -0.4 is 10.6 Å². The second kappa shape index (κ2) is 8.06. The average Bonchev–Trinajstić information content (AvgIpc) is 3.26. The number of benzene rings is 2. The first-order valence-electron chi connectivity index (χ1n) is 9.55. The molecule has 1 unspecified atom stereocenters. The lowest BCUT2D eigenvalue weighted by atomic mass is 9.98. The normalized spacial score (nSPS) is 18.0. The Labute approximate surface area is 168 Å². The number of aliphatic carboxylic acids is 1. The molecule has 0 spiro atoms. The molecule has 0 aliphatic carbocycles. The van der Waals surface area contributed by atoms with Gasteiger partial charge in [0.15, 0.2) is 0 Å². The summed E-state index contributed by atoms with van der Waals surface area (Å²) >= 11 is 0. The highest BCUT2D eigenvalue weighted by atomic mass is 16.5. The first kappa shape index (κ1) is 19.2. The van der Waals surface area contributed by atoms with E-state index >= 15 is 0 Å². The number of carboxylic acid groups (broad SMARTS) is 1. The highest BCUT2D eigenvalue weighted by Crippen LogP contribution is 2.41. The second-order valence-corrected chi connectivity index (χ2v) is 7.12. The van der Waals surface area contributed by atoms with Crippen LogP contribution in [0.1, 0.15) is 28.7 Å². The Balaban J connectivity index is 1.48. The van der Waals surface area contributed by atoms with Crippen LogP contribution in [0.5, 0.6) is 0 Å². The van der Waals surface area contributed by atoms with E-state index in [4.69, 9.17) is 14.9 Å². The molecule has 7 nitrogen and oxygen atoms in total. The number of anilines is 1. The van der Waals surface area contributed by atoms with E-state index in [2.05, 4.69) is 16.7 Å². The molecule has 7 heteroatoms. The number of hydrogen-bond acceptors (Lipinski definition) is 5. The van der Waals surface area contributed by atoms with Crippen molar-refractivity contribution in [1.29, 1.82) is 0 Å². The van der Waals surface area contributed by atoms with Gasteiger partial charge in [-0.2, -0.15) is 0 Å². The maximum atomic E-state index is 12.5.